The van der Waals surface area contributed by atoms with Crippen molar-refractivity contribution in [1.82, 2.24) is 4.98 Å². The number of benzene rings is 1. The Morgan fingerprint density at radius 2 is 1.90 bits per heavy atom. The number of carbonyl (C=O) groups is 1. The van der Waals surface area contributed by atoms with Gasteiger partial charge < -0.3 is 16.8 Å². The van der Waals surface area contributed by atoms with Crippen LogP contribution in [0.3, 0.4) is 0 Å². The molecule has 0 saturated heterocycles. The molecule has 2 aromatic rings. The van der Waals surface area contributed by atoms with Crippen LogP contribution in [0.1, 0.15) is 34.5 Å². The number of amides is 1. The van der Waals surface area contributed by atoms with Crippen molar-refractivity contribution >= 4 is 17.4 Å². The minimum absolute atomic E-state index is 0.0111. The van der Waals surface area contributed by atoms with Crippen LogP contribution in [-0.4, -0.2) is 10.9 Å². The molecule has 0 saturated carbocycles. The molecule has 104 valence electrons. The van der Waals surface area contributed by atoms with E-state index in [1.807, 2.05) is 38.1 Å². The second-order valence-corrected chi connectivity index (χ2v) is 4.75. The van der Waals surface area contributed by atoms with Gasteiger partial charge in [0, 0.05) is 17.9 Å². The molecular weight excluding hydrogens is 252 g/mol. The molecule has 20 heavy (non-hydrogen) atoms. The predicted octanol–water partition coefficient (Wildman–Crippen LogP) is 2.24. The average molecular weight is 270 g/mol. The predicted molar refractivity (Wildman–Crippen MR) is 80.4 cm³/mol. The van der Waals surface area contributed by atoms with E-state index in [4.69, 9.17) is 11.5 Å². The second kappa shape index (κ2) is 5.61. The summed E-state index contributed by atoms with van der Waals surface area (Å²) in [6.45, 7) is 3.82. The van der Waals surface area contributed by atoms with Gasteiger partial charge >= 0.3 is 0 Å². The van der Waals surface area contributed by atoms with E-state index in [0.29, 0.717) is 17.1 Å². The number of hydrogen-bond donors (Lipinski definition) is 3. The van der Waals surface area contributed by atoms with Crippen LogP contribution in [0, 0.1) is 6.92 Å². The molecule has 1 aromatic carbocycles. The standard InChI is InChI=1S/C15H18N4O/c1-9-7-8-18-15(13(9)14(17)20)19-10(2)11-3-5-12(16)6-4-11/h3-8,10H,16H2,1-2H3,(H2,17,20)(H,18,19). The first-order valence-corrected chi connectivity index (χ1v) is 6.36. The van der Waals surface area contributed by atoms with E-state index >= 15 is 0 Å². The van der Waals surface area contributed by atoms with Crippen molar-refractivity contribution in [2.75, 3.05) is 11.1 Å². The van der Waals surface area contributed by atoms with E-state index in [1.165, 1.54) is 0 Å². The first-order chi connectivity index (χ1) is 9.49. The molecule has 1 atom stereocenters. The number of rotatable bonds is 4. The third-order valence-corrected chi connectivity index (χ3v) is 3.20. The van der Waals surface area contributed by atoms with Crippen LogP contribution in [0.4, 0.5) is 11.5 Å². The highest BCUT2D eigenvalue weighted by Gasteiger charge is 2.15. The van der Waals surface area contributed by atoms with E-state index in [9.17, 15) is 4.79 Å². The Hall–Kier alpha value is -2.56. The second-order valence-electron chi connectivity index (χ2n) is 4.75. The fourth-order valence-electron chi connectivity index (χ4n) is 2.05. The number of nitrogens with zero attached hydrogens (tertiary/aromatic N) is 1. The Labute approximate surface area is 118 Å². The fourth-order valence-corrected chi connectivity index (χ4v) is 2.05. The lowest BCUT2D eigenvalue weighted by Gasteiger charge is -2.17. The van der Waals surface area contributed by atoms with Crippen LogP contribution in [0.5, 0.6) is 0 Å². The van der Waals surface area contributed by atoms with Gasteiger partial charge in [0.05, 0.1) is 5.56 Å². The van der Waals surface area contributed by atoms with Crippen LogP contribution in [0.2, 0.25) is 0 Å². The molecule has 1 amide bonds. The van der Waals surface area contributed by atoms with Gasteiger partial charge in [-0.05, 0) is 43.2 Å². The highest BCUT2D eigenvalue weighted by molar-refractivity contribution is 5.99. The van der Waals surface area contributed by atoms with Gasteiger partial charge in [-0.15, -0.1) is 0 Å². The summed E-state index contributed by atoms with van der Waals surface area (Å²) >= 11 is 0. The lowest BCUT2D eigenvalue weighted by molar-refractivity contribution is 0.1000. The molecule has 0 bridgehead atoms. The molecule has 5 N–H and O–H groups in total. The van der Waals surface area contributed by atoms with Gasteiger partial charge in [-0.1, -0.05) is 12.1 Å². The first kappa shape index (κ1) is 13.9. The molecular formula is C15H18N4O. The summed E-state index contributed by atoms with van der Waals surface area (Å²) in [5, 5.41) is 3.22. The number of nitrogen functional groups attached to an aromatic ring is 1. The summed E-state index contributed by atoms with van der Waals surface area (Å²) in [7, 11) is 0. The van der Waals surface area contributed by atoms with E-state index in [-0.39, 0.29) is 6.04 Å². The number of nitrogens with one attached hydrogen (secondary N) is 1. The smallest absolute Gasteiger partial charge is 0.252 e. The SMILES string of the molecule is Cc1ccnc(NC(C)c2ccc(N)cc2)c1C(N)=O. The van der Waals surface area contributed by atoms with Gasteiger partial charge in [0.25, 0.3) is 5.91 Å². The van der Waals surface area contributed by atoms with Crippen LogP contribution < -0.4 is 16.8 Å². The van der Waals surface area contributed by atoms with Crippen molar-refractivity contribution < 1.29 is 4.79 Å². The zero-order valence-electron chi connectivity index (χ0n) is 11.6. The Morgan fingerprint density at radius 3 is 2.50 bits per heavy atom. The molecule has 5 nitrogen and oxygen atoms in total. The van der Waals surface area contributed by atoms with Crippen LogP contribution in [0.25, 0.3) is 0 Å². The molecule has 1 heterocycles. The van der Waals surface area contributed by atoms with E-state index in [0.717, 1.165) is 11.1 Å². The average Bonchev–Trinajstić information content (AvgIpc) is 2.39. The van der Waals surface area contributed by atoms with Crippen molar-refractivity contribution in [1.29, 1.82) is 0 Å². The number of nitrogens with two attached hydrogens (primary N) is 2. The molecule has 0 radical (unpaired) electrons. The lowest BCUT2D eigenvalue weighted by Crippen LogP contribution is -2.18. The summed E-state index contributed by atoms with van der Waals surface area (Å²) < 4.78 is 0. The minimum atomic E-state index is -0.484. The maximum Gasteiger partial charge on any atom is 0.252 e. The van der Waals surface area contributed by atoms with E-state index in [1.54, 1.807) is 12.3 Å². The number of pyridine rings is 1. The number of carbonyl (C=O) groups excluding carboxylic acids is 1. The van der Waals surface area contributed by atoms with Crippen molar-refractivity contribution in [3.63, 3.8) is 0 Å². The zero-order valence-corrected chi connectivity index (χ0v) is 11.6. The quantitative estimate of drug-likeness (QED) is 0.743. The van der Waals surface area contributed by atoms with Crippen LogP contribution in [-0.2, 0) is 0 Å². The third-order valence-electron chi connectivity index (χ3n) is 3.20. The lowest BCUT2D eigenvalue weighted by atomic mass is 10.1. The zero-order chi connectivity index (χ0) is 14.7. The number of aromatic nitrogens is 1. The van der Waals surface area contributed by atoms with Crippen molar-refractivity contribution in [2.24, 2.45) is 5.73 Å². The van der Waals surface area contributed by atoms with Crippen molar-refractivity contribution in [3.05, 3.63) is 53.2 Å². The monoisotopic (exact) mass is 270 g/mol. The van der Waals surface area contributed by atoms with Crippen LogP contribution in [0.15, 0.2) is 36.5 Å². The van der Waals surface area contributed by atoms with Gasteiger partial charge in [0.15, 0.2) is 0 Å². The number of anilines is 2. The van der Waals surface area contributed by atoms with Gasteiger partial charge in [0.2, 0.25) is 0 Å². The molecule has 0 aliphatic rings. The molecule has 5 heteroatoms. The molecule has 0 fully saturated rings. The molecule has 2 rings (SSSR count). The van der Waals surface area contributed by atoms with E-state index < -0.39 is 5.91 Å². The van der Waals surface area contributed by atoms with Crippen LogP contribution >= 0.6 is 0 Å². The summed E-state index contributed by atoms with van der Waals surface area (Å²) in [5.74, 6) is 0.0180. The van der Waals surface area contributed by atoms with E-state index in [2.05, 4.69) is 10.3 Å². The summed E-state index contributed by atoms with van der Waals surface area (Å²) in [5.41, 5.74) is 14.1. The Morgan fingerprint density at radius 1 is 1.25 bits per heavy atom. The maximum atomic E-state index is 11.5. The molecule has 0 aliphatic heterocycles. The number of hydrogen-bond acceptors (Lipinski definition) is 4. The number of primary amides is 1. The van der Waals surface area contributed by atoms with Crippen molar-refractivity contribution in [2.45, 2.75) is 19.9 Å². The minimum Gasteiger partial charge on any atom is -0.399 e. The Bertz CT molecular complexity index is 622. The Balaban J connectivity index is 2.28. The van der Waals surface area contributed by atoms with Gasteiger partial charge in [-0.2, -0.15) is 0 Å². The summed E-state index contributed by atoms with van der Waals surface area (Å²) in [4.78, 5) is 15.7. The highest BCUT2D eigenvalue weighted by Crippen LogP contribution is 2.22. The molecule has 1 unspecified atom stereocenters. The maximum absolute atomic E-state index is 11.5. The van der Waals surface area contributed by atoms with Gasteiger partial charge in [-0.25, -0.2) is 4.98 Å². The largest absolute Gasteiger partial charge is 0.399 e. The first-order valence-electron chi connectivity index (χ1n) is 6.36. The normalized spacial score (nSPS) is 11.9. The third kappa shape index (κ3) is 2.88. The molecule has 1 aromatic heterocycles. The van der Waals surface area contributed by atoms with Crippen molar-refractivity contribution in [3.8, 4) is 0 Å². The highest BCUT2D eigenvalue weighted by atomic mass is 16.1. The Kier molecular flexibility index (Phi) is 3.89. The molecule has 0 spiro atoms. The topological polar surface area (TPSA) is 94.0 Å². The van der Waals surface area contributed by atoms with Gasteiger partial charge in [-0.3, -0.25) is 4.79 Å². The van der Waals surface area contributed by atoms with Gasteiger partial charge in [0.1, 0.15) is 5.82 Å². The molecule has 0 aliphatic carbocycles. The number of aryl methyl sites for hydroxylation is 1. The summed E-state index contributed by atoms with van der Waals surface area (Å²) in [6.07, 6.45) is 1.65. The summed E-state index contributed by atoms with van der Waals surface area (Å²) in [6, 6.07) is 9.31. The fraction of sp³-hybridized carbons (Fsp3) is 0.200.